The summed E-state index contributed by atoms with van der Waals surface area (Å²) in [5.74, 6) is 1.74. The number of aromatic nitrogens is 4. The molecule has 2 heterocycles. The van der Waals surface area contributed by atoms with Crippen LogP contribution in [0.2, 0.25) is 0 Å². The van der Waals surface area contributed by atoms with Gasteiger partial charge >= 0.3 is 0 Å². The van der Waals surface area contributed by atoms with Crippen molar-refractivity contribution in [3.05, 3.63) is 39.9 Å². The molecule has 28 heavy (non-hydrogen) atoms. The SMILES string of the molecule is Cn1c(SCC(=O)Nc2nc(-c3ccc(Br)cc3)cs2)nnc1C1CCCC1. The number of nitrogens with zero attached hydrogens (tertiary/aromatic N) is 4. The van der Waals surface area contributed by atoms with Crippen LogP contribution in [-0.2, 0) is 11.8 Å². The monoisotopic (exact) mass is 477 g/mol. The Labute approximate surface area is 180 Å². The predicted molar refractivity (Wildman–Crippen MR) is 117 cm³/mol. The van der Waals surface area contributed by atoms with E-state index < -0.39 is 0 Å². The molecule has 0 atom stereocenters. The highest BCUT2D eigenvalue weighted by atomic mass is 79.9. The molecule has 0 saturated heterocycles. The van der Waals surface area contributed by atoms with Crippen molar-refractivity contribution in [2.45, 2.75) is 36.8 Å². The van der Waals surface area contributed by atoms with Crippen LogP contribution in [0.15, 0.2) is 39.3 Å². The molecular formula is C19H20BrN5OS2. The second kappa shape index (κ2) is 8.75. The Morgan fingerprint density at radius 1 is 1.29 bits per heavy atom. The fourth-order valence-electron chi connectivity index (χ4n) is 3.36. The Hall–Kier alpha value is -1.71. The molecular weight excluding hydrogens is 458 g/mol. The number of hydrogen-bond acceptors (Lipinski definition) is 6. The predicted octanol–water partition coefficient (Wildman–Crippen LogP) is 5.09. The van der Waals surface area contributed by atoms with Gasteiger partial charge in [-0.1, -0.05) is 52.7 Å². The molecule has 1 aliphatic carbocycles. The number of rotatable bonds is 6. The molecule has 6 nitrogen and oxygen atoms in total. The maximum Gasteiger partial charge on any atom is 0.236 e. The average molecular weight is 478 g/mol. The second-order valence-corrected chi connectivity index (χ2v) is 9.48. The van der Waals surface area contributed by atoms with Crippen LogP contribution >= 0.6 is 39.0 Å². The maximum atomic E-state index is 12.3. The lowest BCUT2D eigenvalue weighted by atomic mass is 10.1. The lowest BCUT2D eigenvalue weighted by Crippen LogP contribution is -2.14. The van der Waals surface area contributed by atoms with Gasteiger partial charge in [0.05, 0.1) is 11.4 Å². The summed E-state index contributed by atoms with van der Waals surface area (Å²) < 4.78 is 3.06. The molecule has 1 aromatic carbocycles. The third-order valence-corrected chi connectivity index (χ3v) is 7.12. The van der Waals surface area contributed by atoms with Crippen molar-refractivity contribution in [1.29, 1.82) is 0 Å². The standard InChI is InChI=1S/C19H20BrN5OS2/c1-25-17(13-4-2-3-5-13)23-24-19(25)28-11-16(26)22-18-21-15(10-27-18)12-6-8-14(20)9-7-12/h6-10,13H,2-5,11H2,1H3,(H,21,22,26). The van der Waals surface area contributed by atoms with Crippen molar-refractivity contribution in [2.75, 3.05) is 11.1 Å². The van der Waals surface area contributed by atoms with Crippen LogP contribution in [0, 0.1) is 0 Å². The summed E-state index contributed by atoms with van der Waals surface area (Å²) in [4.78, 5) is 16.8. The van der Waals surface area contributed by atoms with E-state index in [1.807, 2.05) is 41.3 Å². The van der Waals surface area contributed by atoms with Crippen molar-refractivity contribution in [3.63, 3.8) is 0 Å². The Bertz CT molecular complexity index is 963. The van der Waals surface area contributed by atoms with Gasteiger partial charge in [-0.2, -0.15) is 0 Å². The minimum atomic E-state index is -0.0906. The van der Waals surface area contributed by atoms with Gasteiger partial charge < -0.3 is 9.88 Å². The number of carbonyl (C=O) groups excluding carboxylic acids is 1. The first-order chi connectivity index (χ1) is 13.6. The molecule has 0 unspecified atom stereocenters. The molecule has 1 N–H and O–H groups in total. The minimum Gasteiger partial charge on any atom is -0.309 e. The third kappa shape index (κ3) is 4.47. The first kappa shape index (κ1) is 19.6. The third-order valence-electron chi connectivity index (χ3n) is 4.81. The number of thioether (sulfide) groups is 1. The summed E-state index contributed by atoms with van der Waals surface area (Å²) in [6.07, 6.45) is 4.89. The zero-order chi connectivity index (χ0) is 19.5. The highest BCUT2D eigenvalue weighted by Crippen LogP contribution is 2.34. The van der Waals surface area contributed by atoms with Gasteiger partial charge in [0.25, 0.3) is 0 Å². The molecule has 1 aliphatic rings. The molecule has 3 aromatic rings. The van der Waals surface area contributed by atoms with Crippen molar-refractivity contribution in [1.82, 2.24) is 19.7 Å². The highest BCUT2D eigenvalue weighted by molar-refractivity contribution is 9.10. The molecule has 146 valence electrons. The lowest BCUT2D eigenvalue weighted by molar-refractivity contribution is -0.113. The Kier molecular flexibility index (Phi) is 6.13. The zero-order valence-corrected chi connectivity index (χ0v) is 18.6. The molecule has 9 heteroatoms. The summed E-state index contributed by atoms with van der Waals surface area (Å²) >= 11 is 6.26. The summed E-state index contributed by atoms with van der Waals surface area (Å²) in [7, 11) is 1.99. The molecule has 1 saturated carbocycles. The van der Waals surface area contributed by atoms with E-state index in [1.54, 1.807) is 0 Å². The quantitative estimate of drug-likeness (QED) is 0.500. The smallest absolute Gasteiger partial charge is 0.236 e. The van der Waals surface area contributed by atoms with E-state index in [0.29, 0.717) is 11.0 Å². The lowest BCUT2D eigenvalue weighted by Gasteiger charge is -2.08. The van der Waals surface area contributed by atoms with Gasteiger partial charge in [0.15, 0.2) is 10.3 Å². The van der Waals surface area contributed by atoms with Crippen LogP contribution < -0.4 is 5.32 Å². The molecule has 0 bridgehead atoms. The Balaban J connectivity index is 1.33. The van der Waals surface area contributed by atoms with E-state index in [-0.39, 0.29) is 11.7 Å². The maximum absolute atomic E-state index is 12.3. The van der Waals surface area contributed by atoms with E-state index in [4.69, 9.17) is 0 Å². The zero-order valence-electron chi connectivity index (χ0n) is 15.4. The van der Waals surface area contributed by atoms with Crippen LogP contribution in [0.5, 0.6) is 0 Å². The number of thiazole rings is 1. The molecule has 0 spiro atoms. The van der Waals surface area contributed by atoms with Crippen LogP contribution in [0.1, 0.15) is 37.4 Å². The average Bonchev–Trinajstić information content (AvgIpc) is 3.42. The van der Waals surface area contributed by atoms with Crippen molar-refractivity contribution < 1.29 is 4.79 Å². The summed E-state index contributed by atoms with van der Waals surface area (Å²) in [6.45, 7) is 0. The molecule has 4 rings (SSSR count). The molecule has 1 fully saturated rings. The van der Waals surface area contributed by atoms with Gasteiger partial charge in [-0.25, -0.2) is 4.98 Å². The number of anilines is 1. The topological polar surface area (TPSA) is 72.7 Å². The number of carbonyl (C=O) groups is 1. The van der Waals surface area contributed by atoms with Gasteiger partial charge in [0.1, 0.15) is 5.82 Å². The highest BCUT2D eigenvalue weighted by Gasteiger charge is 2.23. The van der Waals surface area contributed by atoms with E-state index in [9.17, 15) is 4.79 Å². The van der Waals surface area contributed by atoms with E-state index in [1.165, 1.54) is 48.8 Å². The van der Waals surface area contributed by atoms with Crippen molar-refractivity contribution >= 4 is 50.1 Å². The van der Waals surface area contributed by atoms with E-state index in [2.05, 4.69) is 36.4 Å². The van der Waals surface area contributed by atoms with Gasteiger partial charge in [-0.15, -0.1) is 21.5 Å². The summed E-state index contributed by atoms with van der Waals surface area (Å²) in [5, 5.41) is 14.8. The number of nitrogens with one attached hydrogen (secondary N) is 1. The summed E-state index contributed by atoms with van der Waals surface area (Å²) in [5.41, 5.74) is 1.88. The Morgan fingerprint density at radius 3 is 2.79 bits per heavy atom. The van der Waals surface area contributed by atoms with Gasteiger partial charge in [-0.3, -0.25) is 4.79 Å². The molecule has 0 aliphatic heterocycles. The fourth-order valence-corrected chi connectivity index (χ4v) is 5.08. The van der Waals surface area contributed by atoms with Crippen LogP contribution in [0.25, 0.3) is 11.3 Å². The second-order valence-electron chi connectivity index (χ2n) is 6.76. The molecule has 2 aromatic heterocycles. The number of amides is 1. The molecule has 1 amide bonds. The van der Waals surface area contributed by atoms with Crippen molar-refractivity contribution in [2.24, 2.45) is 7.05 Å². The van der Waals surface area contributed by atoms with Crippen molar-refractivity contribution in [3.8, 4) is 11.3 Å². The first-order valence-corrected chi connectivity index (χ1v) is 11.8. The largest absolute Gasteiger partial charge is 0.309 e. The normalized spacial score (nSPS) is 14.5. The van der Waals surface area contributed by atoms with E-state index in [0.717, 1.165) is 26.7 Å². The van der Waals surface area contributed by atoms with Gasteiger partial charge in [0.2, 0.25) is 5.91 Å². The van der Waals surface area contributed by atoms with Crippen LogP contribution in [-0.4, -0.2) is 31.4 Å². The van der Waals surface area contributed by atoms with Gasteiger partial charge in [-0.05, 0) is 25.0 Å². The fraction of sp³-hybridized carbons (Fsp3) is 0.368. The number of benzene rings is 1. The first-order valence-electron chi connectivity index (χ1n) is 9.13. The van der Waals surface area contributed by atoms with Gasteiger partial charge in [0, 0.05) is 28.4 Å². The van der Waals surface area contributed by atoms with Crippen LogP contribution in [0.3, 0.4) is 0 Å². The van der Waals surface area contributed by atoms with E-state index >= 15 is 0 Å². The van der Waals surface area contributed by atoms with Crippen LogP contribution in [0.4, 0.5) is 5.13 Å². The minimum absolute atomic E-state index is 0.0906. The number of hydrogen-bond donors (Lipinski definition) is 1. The summed E-state index contributed by atoms with van der Waals surface area (Å²) in [6, 6.07) is 7.95. The Morgan fingerprint density at radius 2 is 2.04 bits per heavy atom. The molecule has 0 radical (unpaired) electrons. The number of halogens is 1.